The number of hydrogen-bond donors (Lipinski definition) is 1. The van der Waals surface area contributed by atoms with Crippen LogP contribution >= 0.6 is 0 Å². The second-order valence-electron chi connectivity index (χ2n) is 7.39. The minimum atomic E-state index is -1.08. The summed E-state index contributed by atoms with van der Waals surface area (Å²) >= 11 is 0. The Balaban J connectivity index is 2.25. The number of carboxylic acids is 1. The predicted molar refractivity (Wildman–Crippen MR) is 120 cm³/mol. The smallest absolute Gasteiger partial charge is 0.313 e. The highest BCUT2D eigenvalue weighted by molar-refractivity contribution is 6.01. The number of ether oxygens (including phenoxy) is 5. The Labute approximate surface area is 192 Å². The van der Waals surface area contributed by atoms with Crippen LogP contribution in [0.4, 0.5) is 0 Å². The summed E-state index contributed by atoms with van der Waals surface area (Å²) in [5.74, 6) is -0.582. The molecule has 0 saturated heterocycles. The van der Waals surface area contributed by atoms with E-state index in [9.17, 15) is 14.7 Å². The number of rotatable bonds is 9. The average molecular weight is 459 g/mol. The van der Waals surface area contributed by atoms with Gasteiger partial charge in [0.2, 0.25) is 5.75 Å². The highest BCUT2D eigenvalue weighted by Gasteiger charge is 2.44. The normalized spacial score (nSPS) is 17.3. The Morgan fingerprint density at radius 3 is 1.91 bits per heavy atom. The molecule has 0 aliphatic carbocycles. The zero-order valence-electron chi connectivity index (χ0n) is 19.6. The van der Waals surface area contributed by atoms with Crippen LogP contribution in [0.1, 0.15) is 47.3 Å². The molecule has 0 aromatic heterocycles. The third-order valence-corrected chi connectivity index (χ3v) is 5.63. The van der Waals surface area contributed by atoms with Crippen LogP contribution in [-0.2, 0) is 4.79 Å². The molecule has 2 aromatic carbocycles. The first-order valence-corrected chi connectivity index (χ1v) is 10.6. The summed E-state index contributed by atoms with van der Waals surface area (Å²) in [7, 11) is 6.01. The molecule has 1 heterocycles. The van der Waals surface area contributed by atoms with Crippen LogP contribution in [-0.4, -0.2) is 63.5 Å². The van der Waals surface area contributed by atoms with Crippen molar-refractivity contribution in [1.29, 1.82) is 0 Å². The van der Waals surface area contributed by atoms with Gasteiger partial charge >= 0.3 is 5.97 Å². The molecule has 1 N–H and O–H groups in total. The predicted octanol–water partition coefficient (Wildman–Crippen LogP) is 3.50. The molecular formula is C24H29NO8. The van der Waals surface area contributed by atoms with Gasteiger partial charge in [0.15, 0.2) is 23.0 Å². The van der Waals surface area contributed by atoms with Gasteiger partial charge in [-0.25, -0.2) is 0 Å². The zero-order valence-corrected chi connectivity index (χ0v) is 19.6. The van der Waals surface area contributed by atoms with Crippen molar-refractivity contribution in [3.05, 3.63) is 41.0 Å². The van der Waals surface area contributed by atoms with Crippen LogP contribution in [0, 0.1) is 0 Å². The van der Waals surface area contributed by atoms with E-state index in [1.54, 1.807) is 31.3 Å². The highest BCUT2D eigenvalue weighted by Crippen LogP contribution is 2.48. The summed E-state index contributed by atoms with van der Waals surface area (Å²) < 4.78 is 27.6. The van der Waals surface area contributed by atoms with Crippen LogP contribution in [0.15, 0.2) is 24.3 Å². The number of likely N-dealkylation sites (N-methyl/N-ethyl adjacent to an activating group) is 1. The fraction of sp³-hybridized carbons (Fsp3) is 0.417. The van der Waals surface area contributed by atoms with Crippen LogP contribution in [0.25, 0.3) is 0 Å². The number of carboxylic acid groups (broad SMARTS) is 1. The molecule has 1 aliphatic rings. The SMILES string of the molecule is CCOc1cc2c(cc1OCC)[C@H](C(=O)O)[C@@H](c1cc(OC)c(OC)c(OC)c1)N(C)C2=O. The van der Waals surface area contributed by atoms with Crippen LogP contribution < -0.4 is 23.7 Å². The van der Waals surface area contributed by atoms with E-state index in [2.05, 4.69) is 0 Å². The third kappa shape index (κ3) is 4.22. The van der Waals surface area contributed by atoms with E-state index in [1.807, 2.05) is 13.8 Å². The number of amides is 1. The summed E-state index contributed by atoms with van der Waals surface area (Å²) in [4.78, 5) is 27.4. The molecule has 0 radical (unpaired) electrons. The van der Waals surface area contributed by atoms with E-state index in [-0.39, 0.29) is 11.5 Å². The van der Waals surface area contributed by atoms with Crippen molar-refractivity contribution in [2.75, 3.05) is 41.6 Å². The van der Waals surface area contributed by atoms with Crippen molar-refractivity contribution in [1.82, 2.24) is 4.90 Å². The molecule has 0 spiro atoms. The Bertz CT molecular complexity index is 1030. The molecule has 0 bridgehead atoms. The van der Waals surface area contributed by atoms with Gasteiger partial charge in [0.25, 0.3) is 5.91 Å². The van der Waals surface area contributed by atoms with E-state index in [1.165, 1.54) is 26.2 Å². The summed E-state index contributed by atoms with van der Waals surface area (Å²) in [5.41, 5.74) is 1.15. The maximum Gasteiger partial charge on any atom is 0.313 e. The van der Waals surface area contributed by atoms with Crippen molar-refractivity contribution in [2.24, 2.45) is 0 Å². The number of nitrogens with zero attached hydrogens (tertiary/aromatic N) is 1. The summed E-state index contributed by atoms with van der Waals surface area (Å²) in [6.07, 6.45) is 0. The topological polar surface area (TPSA) is 104 Å². The largest absolute Gasteiger partial charge is 0.493 e. The van der Waals surface area contributed by atoms with Gasteiger partial charge in [-0.3, -0.25) is 9.59 Å². The van der Waals surface area contributed by atoms with E-state index < -0.39 is 17.9 Å². The van der Waals surface area contributed by atoms with Gasteiger partial charge in [-0.2, -0.15) is 0 Å². The standard InChI is InChI=1S/C24H29NO8/c1-7-32-16-11-14-15(12-17(16)33-8-2)23(26)25(3)21(20(14)24(27)28)13-9-18(29-4)22(31-6)19(10-13)30-5/h9-12,20-21H,7-8H2,1-6H3,(H,27,28)/t20-,21+/m0/s1. The maximum atomic E-state index is 13.4. The van der Waals surface area contributed by atoms with Crippen LogP contribution in [0.2, 0.25) is 0 Å². The summed E-state index contributed by atoms with van der Waals surface area (Å²) in [5, 5.41) is 10.3. The van der Waals surface area contributed by atoms with Gasteiger partial charge in [-0.05, 0) is 49.2 Å². The molecule has 9 heteroatoms. The van der Waals surface area contributed by atoms with Gasteiger partial charge < -0.3 is 33.7 Å². The van der Waals surface area contributed by atoms with Crippen LogP contribution in [0.3, 0.4) is 0 Å². The van der Waals surface area contributed by atoms with Crippen molar-refractivity contribution in [2.45, 2.75) is 25.8 Å². The molecule has 33 heavy (non-hydrogen) atoms. The van der Waals surface area contributed by atoms with Crippen molar-refractivity contribution >= 4 is 11.9 Å². The molecular weight excluding hydrogens is 430 g/mol. The van der Waals surface area contributed by atoms with Gasteiger partial charge in [-0.1, -0.05) is 0 Å². The van der Waals surface area contributed by atoms with E-state index >= 15 is 0 Å². The molecule has 9 nitrogen and oxygen atoms in total. The highest BCUT2D eigenvalue weighted by atomic mass is 16.5. The molecule has 1 amide bonds. The Morgan fingerprint density at radius 1 is 0.909 bits per heavy atom. The molecule has 0 unspecified atom stereocenters. The number of methoxy groups -OCH3 is 3. The van der Waals surface area contributed by atoms with Crippen molar-refractivity contribution < 1.29 is 38.4 Å². The fourth-order valence-electron chi connectivity index (χ4n) is 4.22. The monoisotopic (exact) mass is 459 g/mol. The van der Waals surface area contributed by atoms with E-state index in [4.69, 9.17) is 23.7 Å². The molecule has 0 saturated carbocycles. The quantitative estimate of drug-likeness (QED) is 0.608. The minimum Gasteiger partial charge on any atom is -0.493 e. The lowest BCUT2D eigenvalue weighted by atomic mass is 9.79. The first-order chi connectivity index (χ1) is 15.8. The average Bonchev–Trinajstić information content (AvgIpc) is 2.80. The van der Waals surface area contributed by atoms with E-state index in [0.29, 0.717) is 53.1 Å². The third-order valence-electron chi connectivity index (χ3n) is 5.63. The van der Waals surface area contributed by atoms with E-state index in [0.717, 1.165) is 0 Å². The molecule has 178 valence electrons. The fourth-order valence-corrected chi connectivity index (χ4v) is 4.22. The molecule has 2 aromatic rings. The maximum absolute atomic E-state index is 13.4. The first-order valence-electron chi connectivity index (χ1n) is 10.6. The second kappa shape index (κ2) is 9.89. The lowest BCUT2D eigenvalue weighted by Gasteiger charge is -2.39. The number of benzene rings is 2. The summed E-state index contributed by atoms with van der Waals surface area (Å²) in [6.45, 7) is 4.38. The first kappa shape index (κ1) is 24.0. The molecule has 3 rings (SSSR count). The molecule has 0 fully saturated rings. The minimum absolute atomic E-state index is 0.264. The van der Waals surface area contributed by atoms with Gasteiger partial charge in [0.05, 0.1) is 40.6 Å². The lowest BCUT2D eigenvalue weighted by Crippen LogP contribution is -2.42. The van der Waals surface area contributed by atoms with Crippen molar-refractivity contribution in [3.63, 3.8) is 0 Å². The second-order valence-corrected chi connectivity index (χ2v) is 7.39. The zero-order chi connectivity index (χ0) is 24.3. The number of hydrogen-bond acceptors (Lipinski definition) is 7. The van der Waals surface area contributed by atoms with Crippen molar-refractivity contribution in [3.8, 4) is 28.7 Å². The van der Waals surface area contributed by atoms with Gasteiger partial charge in [0.1, 0.15) is 5.92 Å². The number of carbonyl (C=O) groups excluding carboxylic acids is 1. The van der Waals surface area contributed by atoms with Crippen LogP contribution in [0.5, 0.6) is 28.7 Å². The number of aliphatic carboxylic acids is 1. The van der Waals surface area contributed by atoms with Gasteiger partial charge in [0, 0.05) is 12.6 Å². The van der Waals surface area contributed by atoms with Gasteiger partial charge in [-0.15, -0.1) is 0 Å². The Kier molecular flexibility index (Phi) is 7.20. The molecule has 1 aliphatic heterocycles. The number of fused-ring (bicyclic) bond motifs is 1. The Morgan fingerprint density at radius 2 is 1.45 bits per heavy atom. The summed E-state index contributed by atoms with van der Waals surface area (Å²) in [6, 6.07) is 5.65. The molecule has 2 atom stereocenters. The lowest BCUT2D eigenvalue weighted by molar-refractivity contribution is -0.140. The number of carbonyl (C=O) groups is 2. The Hall–Kier alpha value is -3.62.